The zero-order chi connectivity index (χ0) is 25.3. The van der Waals surface area contributed by atoms with Gasteiger partial charge in [-0.2, -0.15) is 0 Å². The van der Waals surface area contributed by atoms with Crippen molar-refractivity contribution in [3.63, 3.8) is 0 Å². The molecular weight excluding hydrogens is 492 g/mol. The number of hydrogen-bond donors (Lipinski definition) is 3. The van der Waals surface area contributed by atoms with Crippen LogP contribution >= 0.6 is 12.4 Å². The Morgan fingerprint density at radius 2 is 1.73 bits per heavy atom. The molecule has 2 aromatic carbocycles. The van der Waals surface area contributed by atoms with Crippen LogP contribution in [0.2, 0.25) is 0 Å². The van der Waals surface area contributed by atoms with Crippen LogP contribution in [0.25, 0.3) is 0 Å². The van der Waals surface area contributed by atoms with Crippen molar-refractivity contribution in [1.82, 2.24) is 15.5 Å². The maximum absolute atomic E-state index is 13.2. The van der Waals surface area contributed by atoms with E-state index in [1.807, 2.05) is 42.2 Å². The van der Waals surface area contributed by atoms with Gasteiger partial charge < -0.3 is 25.6 Å². The maximum Gasteiger partial charge on any atom is 0.247 e. The highest BCUT2D eigenvalue weighted by Gasteiger charge is 2.33. The SMILES string of the molecule is CCOc1ccc(NC(=O)C(Cc2ccccc2)NC(=O)C2CCN(C(=O)C3CCCN3)CC2)cc1.Cl. The topological polar surface area (TPSA) is 99.8 Å². The van der Waals surface area contributed by atoms with Gasteiger partial charge in [0, 0.05) is 31.1 Å². The normalized spacial score (nSPS) is 18.4. The Morgan fingerprint density at radius 3 is 2.35 bits per heavy atom. The summed E-state index contributed by atoms with van der Waals surface area (Å²) in [5.41, 5.74) is 1.61. The molecule has 4 rings (SSSR count). The Kier molecular flexibility index (Phi) is 10.8. The molecule has 2 unspecified atom stereocenters. The van der Waals surface area contributed by atoms with Gasteiger partial charge >= 0.3 is 0 Å². The number of rotatable bonds is 9. The fourth-order valence-corrected chi connectivity index (χ4v) is 4.86. The van der Waals surface area contributed by atoms with E-state index in [1.54, 1.807) is 24.3 Å². The first-order chi connectivity index (χ1) is 17.5. The highest BCUT2D eigenvalue weighted by atomic mass is 35.5. The molecule has 200 valence electrons. The number of nitrogens with one attached hydrogen (secondary N) is 3. The van der Waals surface area contributed by atoms with Crippen LogP contribution in [0.5, 0.6) is 5.75 Å². The highest BCUT2D eigenvalue weighted by molar-refractivity contribution is 5.97. The van der Waals surface area contributed by atoms with Gasteiger partial charge in [0.2, 0.25) is 17.7 Å². The molecule has 0 radical (unpaired) electrons. The fourth-order valence-electron chi connectivity index (χ4n) is 4.86. The first-order valence-electron chi connectivity index (χ1n) is 12.9. The lowest BCUT2D eigenvalue weighted by Crippen LogP contribution is -2.51. The minimum atomic E-state index is -0.714. The third kappa shape index (κ3) is 7.94. The van der Waals surface area contributed by atoms with Gasteiger partial charge in [-0.15, -0.1) is 12.4 Å². The zero-order valence-electron chi connectivity index (χ0n) is 21.3. The smallest absolute Gasteiger partial charge is 0.247 e. The number of benzene rings is 2. The van der Waals surface area contributed by atoms with E-state index in [-0.39, 0.29) is 42.1 Å². The third-order valence-corrected chi connectivity index (χ3v) is 6.88. The molecule has 8 nitrogen and oxygen atoms in total. The molecule has 0 saturated carbocycles. The number of ether oxygens (including phenoxy) is 1. The van der Waals surface area contributed by atoms with E-state index in [0.717, 1.165) is 30.7 Å². The van der Waals surface area contributed by atoms with Crippen molar-refractivity contribution in [3.05, 3.63) is 60.2 Å². The van der Waals surface area contributed by atoms with Crippen molar-refractivity contribution in [3.8, 4) is 5.75 Å². The number of nitrogens with zero attached hydrogens (tertiary/aromatic N) is 1. The van der Waals surface area contributed by atoms with Crippen LogP contribution in [0, 0.1) is 5.92 Å². The quantitative estimate of drug-likeness (QED) is 0.464. The van der Waals surface area contributed by atoms with Crippen LogP contribution in [0.4, 0.5) is 5.69 Å². The summed E-state index contributed by atoms with van der Waals surface area (Å²) in [7, 11) is 0. The second kappa shape index (κ2) is 14.0. The average Bonchev–Trinajstić information content (AvgIpc) is 3.45. The Morgan fingerprint density at radius 1 is 1.03 bits per heavy atom. The van der Waals surface area contributed by atoms with Crippen molar-refractivity contribution >= 4 is 35.8 Å². The molecule has 2 aromatic rings. The van der Waals surface area contributed by atoms with Gasteiger partial charge in [0.15, 0.2) is 0 Å². The summed E-state index contributed by atoms with van der Waals surface area (Å²) in [5, 5.41) is 9.18. The van der Waals surface area contributed by atoms with E-state index in [4.69, 9.17) is 4.74 Å². The van der Waals surface area contributed by atoms with Gasteiger partial charge in [-0.05, 0) is 69.0 Å². The van der Waals surface area contributed by atoms with Gasteiger partial charge in [0.1, 0.15) is 11.8 Å². The number of piperidine rings is 1. The molecule has 0 spiro atoms. The first-order valence-corrected chi connectivity index (χ1v) is 12.9. The summed E-state index contributed by atoms with van der Waals surface area (Å²) in [6.07, 6.45) is 3.49. The molecule has 2 fully saturated rings. The lowest BCUT2D eigenvalue weighted by atomic mass is 9.94. The van der Waals surface area contributed by atoms with Gasteiger partial charge in [-0.1, -0.05) is 30.3 Å². The second-order valence-electron chi connectivity index (χ2n) is 9.45. The molecule has 9 heteroatoms. The molecule has 3 N–H and O–H groups in total. The Bertz CT molecular complexity index is 1020. The van der Waals surface area contributed by atoms with Gasteiger partial charge in [0.25, 0.3) is 0 Å². The largest absolute Gasteiger partial charge is 0.494 e. The van der Waals surface area contributed by atoms with Crippen LogP contribution < -0.4 is 20.7 Å². The maximum atomic E-state index is 13.2. The second-order valence-corrected chi connectivity index (χ2v) is 9.45. The molecule has 2 atom stereocenters. The summed E-state index contributed by atoms with van der Waals surface area (Å²) in [6.45, 7) is 4.51. The number of amides is 3. The highest BCUT2D eigenvalue weighted by Crippen LogP contribution is 2.21. The number of hydrogen-bond acceptors (Lipinski definition) is 5. The number of carbonyl (C=O) groups is 3. The molecular formula is C28H37ClN4O4. The van der Waals surface area contributed by atoms with Gasteiger partial charge in [-0.25, -0.2) is 0 Å². The van der Waals surface area contributed by atoms with Crippen molar-refractivity contribution in [2.75, 3.05) is 31.6 Å². The van der Waals surface area contributed by atoms with Crippen LogP contribution in [0.3, 0.4) is 0 Å². The van der Waals surface area contributed by atoms with E-state index in [1.165, 1.54) is 0 Å². The molecule has 2 aliphatic heterocycles. The Hall–Kier alpha value is -3.10. The van der Waals surface area contributed by atoms with Crippen LogP contribution in [0.15, 0.2) is 54.6 Å². The van der Waals surface area contributed by atoms with Gasteiger partial charge in [0.05, 0.1) is 12.6 Å². The van der Waals surface area contributed by atoms with E-state index < -0.39 is 6.04 Å². The average molecular weight is 529 g/mol. The summed E-state index contributed by atoms with van der Waals surface area (Å²) in [6, 6.07) is 16.1. The predicted molar refractivity (Wildman–Crippen MR) is 146 cm³/mol. The molecule has 2 heterocycles. The summed E-state index contributed by atoms with van der Waals surface area (Å²) >= 11 is 0. The summed E-state index contributed by atoms with van der Waals surface area (Å²) in [4.78, 5) is 40.9. The zero-order valence-corrected chi connectivity index (χ0v) is 22.1. The van der Waals surface area contributed by atoms with Crippen LogP contribution in [-0.2, 0) is 20.8 Å². The van der Waals surface area contributed by atoms with E-state index >= 15 is 0 Å². The van der Waals surface area contributed by atoms with Crippen molar-refractivity contribution in [2.45, 2.75) is 51.1 Å². The standard InChI is InChI=1S/C28H36N4O4.ClH/c1-2-36-23-12-10-22(11-13-23)30-27(34)25(19-20-7-4-3-5-8-20)31-26(33)21-14-17-32(18-15-21)28(35)24-9-6-16-29-24;/h3-5,7-8,10-13,21,24-25,29H,2,6,9,14-19H2,1H3,(H,30,34)(H,31,33);1H. The van der Waals surface area contributed by atoms with Crippen LogP contribution in [-0.4, -0.2) is 60.9 Å². The molecule has 2 aliphatic rings. The van der Waals surface area contributed by atoms with Crippen LogP contribution in [0.1, 0.15) is 38.2 Å². The van der Waals surface area contributed by atoms with Crippen molar-refractivity contribution < 1.29 is 19.1 Å². The number of anilines is 1. The third-order valence-electron chi connectivity index (χ3n) is 6.88. The molecule has 2 saturated heterocycles. The monoisotopic (exact) mass is 528 g/mol. The molecule has 37 heavy (non-hydrogen) atoms. The van der Waals surface area contributed by atoms with Crippen molar-refractivity contribution in [2.24, 2.45) is 5.92 Å². The predicted octanol–water partition coefficient (Wildman–Crippen LogP) is 3.16. The first kappa shape index (κ1) is 28.5. The molecule has 3 amide bonds. The Balaban J connectivity index is 0.00000380. The van der Waals surface area contributed by atoms with Gasteiger partial charge in [-0.3, -0.25) is 14.4 Å². The minimum absolute atomic E-state index is 0. The lowest BCUT2D eigenvalue weighted by Gasteiger charge is -2.33. The van der Waals surface area contributed by atoms with E-state index in [9.17, 15) is 14.4 Å². The van der Waals surface area contributed by atoms with Crippen molar-refractivity contribution in [1.29, 1.82) is 0 Å². The molecule has 0 bridgehead atoms. The molecule has 0 aliphatic carbocycles. The number of halogens is 1. The van der Waals surface area contributed by atoms with E-state index in [2.05, 4.69) is 16.0 Å². The molecule has 0 aromatic heterocycles. The fraction of sp³-hybridized carbons (Fsp3) is 0.464. The minimum Gasteiger partial charge on any atom is -0.494 e. The van der Waals surface area contributed by atoms with E-state index in [0.29, 0.717) is 44.6 Å². The summed E-state index contributed by atoms with van der Waals surface area (Å²) in [5.74, 6) is 0.253. The Labute approximate surface area is 224 Å². The number of carbonyl (C=O) groups excluding carboxylic acids is 3. The summed E-state index contributed by atoms with van der Waals surface area (Å²) < 4.78 is 5.47. The lowest BCUT2D eigenvalue weighted by molar-refractivity contribution is -0.137. The number of likely N-dealkylation sites (tertiary alicyclic amines) is 1.